The minimum Gasteiger partial charge on any atom is -0.319 e. The predicted octanol–water partition coefficient (Wildman–Crippen LogP) is 2.66. The van der Waals surface area contributed by atoms with Crippen LogP contribution < -0.4 is 10.0 Å². The Morgan fingerprint density at radius 2 is 1.75 bits per heavy atom. The van der Waals surface area contributed by atoms with Gasteiger partial charge in [0.25, 0.3) is 5.91 Å². The number of para-hydroxylation sites is 1. The van der Waals surface area contributed by atoms with Crippen LogP contribution in [-0.4, -0.2) is 20.4 Å². The molecule has 0 atom stereocenters. The number of carbonyl (C=O) groups is 1. The molecule has 0 aromatic heterocycles. The van der Waals surface area contributed by atoms with Crippen molar-refractivity contribution in [3.63, 3.8) is 0 Å². The van der Waals surface area contributed by atoms with Gasteiger partial charge in [-0.3, -0.25) is 4.79 Å². The molecule has 5 nitrogen and oxygen atoms in total. The standard InChI is InChI=1S/C16H14F2N2O3S/c17-12-3-1-2-4-14(12)19-16(21)10-5-8-13(18)15(9-10)24(22,23)20-11-6-7-11/h1-5,8-9,11,20H,6-7H2,(H,19,21). The van der Waals surface area contributed by atoms with Gasteiger partial charge in [0.15, 0.2) is 0 Å². The fourth-order valence-electron chi connectivity index (χ4n) is 2.09. The second-order valence-corrected chi connectivity index (χ2v) is 7.16. The van der Waals surface area contributed by atoms with E-state index in [2.05, 4.69) is 10.0 Å². The first-order chi connectivity index (χ1) is 11.4. The quantitative estimate of drug-likeness (QED) is 0.869. The van der Waals surface area contributed by atoms with E-state index in [-0.39, 0.29) is 17.3 Å². The van der Waals surface area contributed by atoms with Gasteiger partial charge in [0, 0.05) is 11.6 Å². The van der Waals surface area contributed by atoms with Crippen molar-refractivity contribution >= 4 is 21.6 Å². The Hall–Kier alpha value is -2.32. The minimum atomic E-state index is -4.04. The number of carbonyl (C=O) groups excluding carboxylic acids is 1. The van der Waals surface area contributed by atoms with E-state index in [1.165, 1.54) is 18.2 Å². The summed E-state index contributed by atoms with van der Waals surface area (Å²) in [7, 11) is -4.04. The fraction of sp³-hybridized carbons (Fsp3) is 0.188. The largest absolute Gasteiger partial charge is 0.319 e. The lowest BCUT2D eigenvalue weighted by molar-refractivity contribution is 0.102. The highest BCUT2D eigenvalue weighted by Crippen LogP contribution is 2.24. The van der Waals surface area contributed by atoms with Crippen molar-refractivity contribution in [3.05, 3.63) is 59.7 Å². The normalized spacial score (nSPS) is 14.4. The summed E-state index contributed by atoms with van der Waals surface area (Å²) in [5.74, 6) is -2.32. The number of anilines is 1. The van der Waals surface area contributed by atoms with Gasteiger partial charge in [0.1, 0.15) is 16.5 Å². The lowest BCUT2D eigenvalue weighted by Gasteiger charge is -2.10. The van der Waals surface area contributed by atoms with E-state index >= 15 is 0 Å². The lowest BCUT2D eigenvalue weighted by Crippen LogP contribution is -2.27. The molecule has 0 spiro atoms. The van der Waals surface area contributed by atoms with Gasteiger partial charge in [-0.1, -0.05) is 12.1 Å². The number of sulfonamides is 1. The van der Waals surface area contributed by atoms with E-state index in [1.54, 1.807) is 6.07 Å². The number of halogens is 2. The van der Waals surface area contributed by atoms with Crippen LogP contribution in [0.4, 0.5) is 14.5 Å². The number of amides is 1. The third-order valence-electron chi connectivity index (χ3n) is 3.50. The molecule has 0 bridgehead atoms. The van der Waals surface area contributed by atoms with Crippen LogP contribution in [0.5, 0.6) is 0 Å². The average molecular weight is 352 g/mol. The van der Waals surface area contributed by atoms with Crippen molar-refractivity contribution in [1.82, 2.24) is 4.72 Å². The summed E-state index contributed by atoms with van der Waals surface area (Å²) in [6.07, 6.45) is 1.41. The van der Waals surface area contributed by atoms with E-state index in [9.17, 15) is 22.0 Å². The van der Waals surface area contributed by atoms with Gasteiger partial charge in [-0.05, 0) is 43.2 Å². The summed E-state index contributed by atoms with van der Waals surface area (Å²) in [4.78, 5) is 11.6. The molecule has 1 aliphatic rings. The molecule has 8 heteroatoms. The van der Waals surface area contributed by atoms with Crippen molar-refractivity contribution < 1.29 is 22.0 Å². The van der Waals surface area contributed by atoms with Crippen LogP contribution in [-0.2, 0) is 10.0 Å². The monoisotopic (exact) mass is 352 g/mol. The predicted molar refractivity (Wildman–Crippen MR) is 84.1 cm³/mol. The van der Waals surface area contributed by atoms with Crippen LogP contribution in [0.15, 0.2) is 47.4 Å². The molecule has 0 saturated heterocycles. The third kappa shape index (κ3) is 3.60. The van der Waals surface area contributed by atoms with Crippen LogP contribution in [0.2, 0.25) is 0 Å². The first-order valence-electron chi connectivity index (χ1n) is 7.24. The van der Waals surface area contributed by atoms with Gasteiger partial charge < -0.3 is 5.32 Å². The molecule has 0 unspecified atom stereocenters. The summed E-state index contributed by atoms with van der Waals surface area (Å²) in [5, 5.41) is 2.33. The zero-order valence-corrected chi connectivity index (χ0v) is 13.2. The molecule has 0 radical (unpaired) electrons. The number of hydrogen-bond acceptors (Lipinski definition) is 3. The summed E-state index contributed by atoms with van der Waals surface area (Å²) >= 11 is 0. The molecular weight excluding hydrogens is 338 g/mol. The summed E-state index contributed by atoms with van der Waals surface area (Å²) in [6.45, 7) is 0. The molecule has 126 valence electrons. The highest BCUT2D eigenvalue weighted by Gasteiger charge is 2.30. The second kappa shape index (κ2) is 6.29. The Bertz CT molecular complexity index is 896. The Balaban J connectivity index is 1.87. The zero-order valence-electron chi connectivity index (χ0n) is 12.4. The molecular formula is C16H14F2N2O3S. The highest BCUT2D eigenvalue weighted by molar-refractivity contribution is 7.89. The van der Waals surface area contributed by atoms with Crippen LogP contribution in [0, 0.1) is 11.6 Å². The molecule has 2 aromatic carbocycles. The van der Waals surface area contributed by atoms with Crippen molar-refractivity contribution in [3.8, 4) is 0 Å². The summed E-state index contributed by atoms with van der Waals surface area (Å²) < 4.78 is 54.1. The average Bonchev–Trinajstić information content (AvgIpc) is 3.33. The van der Waals surface area contributed by atoms with Crippen molar-refractivity contribution in [2.45, 2.75) is 23.8 Å². The van der Waals surface area contributed by atoms with Crippen LogP contribution in [0.1, 0.15) is 23.2 Å². The molecule has 3 rings (SSSR count). The number of hydrogen-bond donors (Lipinski definition) is 2. The zero-order chi connectivity index (χ0) is 17.3. The van der Waals surface area contributed by atoms with E-state index in [4.69, 9.17) is 0 Å². The third-order valence-corrected chi connectivity index (χ3v) is 5.04. The van der Waals surface area contributed by atoms with Crippen molar-refractivity contribution in [1.29, 1.82) is 0 Å². The van der Waals surface area contributed by atoms with Gasteiger partial charge in [-0.15, -0.1) is 0 Å². The van der Waals surface area contributed by atoms with Crippen molar-refractivity contribution in [2.75, 3.05) is 5.32 Å². The molecule has 1 saturated carbocycles. The van der Waals surface area contributed by atoms with E-state index in [0.717, 1.165) is 18.2 Å². The smallest absolute Gasteiger partial charge is 0.255 e. The van der Waals surface area contributed by atoms with E-state index in [0.29, 0.717) is 12.8 Å². The lowest BCUT2D eigenvalue weighted by atomic mass is 10.2. The second-order valence-electron chi connectivity index (χ2n) is 5.47. The van der Waals surface area contributed by atoms with Gasteiger partial charge in [-0.25, -0.2) is 21.9 Å². The van der Waals surface area contributed by atoms with Gasteiger partial charge >= 0.3 is 0 Å². The topological polar surface area (TPSA) is 75.3 Å². The SMILES string of the molecule is O=C(Nc1ccccc1F)c1ccc(F)c(S(=O)(=O)NC2CC2)c1. The minimum absolute atomic E-state index is 0.0488. The number of benzene rings is 2. The van der Waals surface area contributed by atoms with Gasteiger partial charge in [0.05, 0.1) is 5.69 Å². The fourth-order valence-corrected chi connectivity index (χ4v) is 3.50. The molecule has 0 aliphatic heterocycles. The molecule has 1 fully saturated rings. The van der Waals surface area contributed by atoms with Crippen LogP contribution >= 0.6 is 0 Å². The number of nitrogens with one attached hydrogen (secondary N) is 2. The first kappa shape index (κ1) is 16.5. The maximum absolute atomic E-state index is 13.9. The van der Waals surface area contributed by atoms with Crippen LogP contribution in [0.25, 0.3) is 0 Å². The summed E-state index contributed by atoms with van der Waals surface area (Å²) in [6, 6.07) is 8.34. The molecule has 24 heavy (non-hydrogen) atoms. The van der Waals surface area contributed by atoms with Gasteiger partial charge in [0.2, 0.25) is 10.0 Å². The Labute approximate surface area is 137 Å². The Morgan fingerprint density at radius 3 is 2.42 bits per heavy atom. The molecule has 1 aliphatic carbocycles. The first-order valence-corrected chi connectivity index (χ1v) is 8.73. The highest BCUT2D eigenvalue weighted by atomic mass is 32.2. The molecule has 2 N–H and O–H groups in total. The molecule has 2 aromatic rings. The van der Waals surface area contributed by atoms with Gasteiger partial charge in [-0.2, -0.15) is 0 Å². The maximum atomic E-state index is 13.9. The van der Waals surface area contributed by atoms with E-state index in [1.807, 2.05) is 0 Å². The van der Waals surface area contributed by atoms with Crippen LogP contribution in [0.3, 0.4) is 0 Å². The summed E-state index contributed by atoms with van der Waals surface area (Å²) in [5.41, 5.74) is -0.136. The molecule has 1 amide bonds. The maximum Gasteiger partial charge on any atom is 0.255 e. The Kier molecular flexibility index (Phi) is 4.33. The van der Waals surface area contributed by atoms with E-state index < -0.39 is 32.5 Å². The van der Waals surface area contributed by atoms with Crippen molar-refractivity contribution in [2.24, 2.45) is 0 Å². The molecule has 0 heterocycles. The Morgan fingerprint density at radius 1 is 1.04 bits per heavy atom. The number of rotatable bonds is 5.